The molecule has 1 aromatic carbocycles. The molecule has 0 radical (unpaired) electrons. The van der Waals surface area contributed by atoms with Gasteiger partial charge in [0.1, 0.15) is 0 Å². The van der Waals surface area contributed by atoms with Crippen LogP contribution in [0.1, 0.15) is 11.1 Å². The molecule has 17 heavy (non-hydrogen) atoms. The van der Waals surface area contributed by atoms with Crippen molar-refractivity contribution in [1.82, 2.24) is 4.98 Å². The van der Waals surface area contributed by atoms with Gasteiger partial charge in [0.25, 0.3) is 0 Å². The van der Waals surface area contributed by atoms with E-state index in [1.165, 1.54) is 16.8 Å². The van der Waals surface area contributed by atoms with Crippen LogP contribution in [-0.2, 0) is 13.1 Å². The molecule has 0 saturated heterocycles. The van der Waals surface area contributed by atoms with Crippen LogP contribution in [0, 0.1) is 0 Å². The Morgan fingerprint density at radius 2 is 1.59 bits per heavy atom. The van der Waals surface area contributed by atoms with Crippen molar-refractivity contribution in [2.45, 2.75) is 13.1 Å². The molecule has 0 unspecified atom stereocenters. The van der Waals surface area contributed by atoms with Crippen molar-refractivity contribution in [3.8, 4) is 0 Å². The zero-order valence-corrected chi connectivity index (χ0v) is 10.0. The zero-order chi connectivity index (χ0) is 12.1. The van der Waals surface area contributed by atoms with Crippen molar-refractivity contribution in [3.05, 3.63) is 59.9 Å². The van der Waals surface area contributed by atoms with Gasteiger partial charge in [-0.05, 0) is 23.3 Å². The molecule has 0 saturated carbocycles. The van der Waals surface area contributed by atoms with Gasteiger partial charge >= 0.3 is 0 Å². The van der Waals surface area contributed by atoms with Gasteiger partial charge in [0, 0.05) is 38.2 Å². The van der Waals surface area contributed by atoms with Crippen molar-refractivity contribution >= 4 is 5.69 Å². The van der Waals surface area contributed by atoms with E-state index >= 15 is 0 Å². The Kier molecular flexibility index (Phi) is 3.73. The molecule has 0 amide bonds. The fourth-order valence-electron chi connectivity index (χ4n) is 1.74. The minimum absolute atomic E-state index is 0.598. The van der Waals surface area contributed by atoms with E-state index in [4.69, 9.17) is 5.73 Å². The number of pyridine rings is 1. The molecule has 2 rings (SSSR count). The first-order valence-electron chi connectivity index (χ1n) is 5.68. The summed E-state index contributed by atoms with van der Waals surface area (Å²) in [6.45, 7) is 1.48. The Morgan fingerprint density at radius 1 is 1.00 bits per heavy atom. The molecule has 1 aromatic heterocycles. The lowest BCUT2D eigenvalue weighted by Gasteiger charge is -2.19. The molecule has 88 valence electrons. The van der Waals surface area contributed by atoms with Crippen molar-refractivity contribution in [2.75, 3.05) is 11.9 Å². The minimum atomic E-state index is 0.598. The van der Waals surface area contributed by atoms with Crippen LogP contribution in [0.2, 0.25) is 0 Å². The Hall–Kier alpha value is -1.87. The van der Waals surface area contributed by atoms with E-state index in [9.17, 15) is 0 Å². The molecule has 0 aliphatic carbocycles. The Morgan fingerprint density at radius 3 is 2.18 bits per heavy atom. The summed E-state index contributed by atoms with van der Waals surface area (Å²) < 4.78 is 0. The van der Waals surface area contributed by atoms with Crippen molar-refractivity contribution in [1.29, 1.82) is 0 Å². The summed E-state index contributed by atoms with van der Waals surface area (Å²) in [6.07, 6.45) is 3.62. The van der Waals surface area contributed by atoms with Gasteiger partial charge in [-0.15, -0.1) is 0 Å². The molecule has 1 heterocycles. The summed E-state index contributed by atoms with van der Waals surface area (Å²) in [5.74, 6) is 0. The van der Waals surface area contributed by atoms with Crippen molar-refractivity contribution < 1.29 is 0 Å². The molecule has 0 aliphatic heterocycles. The van der Waals surface area contributed by atoms with Gasteiger partial charge in [-0.3, -0.25) is 4.98 Å². The first-order valence-corrected chi connectivity index (χ1v) is 5.68. The summed E-state index contributed by atoms with van der Waals surface area (Å²) in [4.78, 5) is 6.21. The van der Waals surface area contributed by atoms with E-state index in [0.29, 0.717) is 6.54 Å². The average Bonchev–Trinajstić information content (AvgIpc) is 2.40. The number of benzene rings is 1. The molecule has 2 N–H and O–H groups in total. The molecule has 3 nitrogen and oxygen atoms in total. The van der Waals surface area contributed by atoms with E-state index in [1.807, 2.05) is 24.5 Å². The Balaban J connectivity index is 2.05. The predicted octanol–water partition coefficient (Wildman–Crippen LogP) is 2.18. The average molecular weight is 227 g/mol. The smallest absolute Gasteiger partial charge is 0.0426 e. The highest BCUT2D eigenvalue weighted by atomic mass is 15.1. The fourth-order valence-corrected chi connectivity index (χ4v) is 1.74. The second kappa shape index (κ2) is 5.46. The van der Waals surface area contributed by atoms with Crippen LogP contribution >= 0.6 is 0 Å². The maximum absolute atomic E-state index is 5.57. The highest BCUT2D eigenvalue weighted by Crippen LogP contribution is 2.14. The van der Waals surface area contributed by atoms with Crippen LogP contribution in [0.25, 0.3) is 0 Å². The largest absolute Gasteiger partial charge is 0.370 e. The number of hydrogen-bond donors (Lipinski definition) is 1. The molecule has 3 heteroatoms. The predicted molar refractivity (Wildman–Crippen MR) is 70.7 cm³/mol. The van der Waals surface area contributed by atoms with E-state index in [2.05, 4.69) is 41.2 Å². The number of anilines is 1. The summed E-state index contributed by atoms with van der Waals surface area (Å²) in [5, 5.41) is 0. The molecular formula is C14H17N3. The fraction of sp³-hybridized carbons (Fsp3) is 0.214. The van der Waals surface area contributed by atoms with Gasteiger partial charge in [0.05, 0.1) is 0 Å². The lowest BCUT2D eigenvalue weighted by molar-refractivity contribution is 0.918. The van der Waals surface area contributed by atoms with Crippen LogP contribution in [0.15, 0.2) is 48.8 Å². The normalized spacial score (nSPS) is 10.2. The topological polar surface area (TPSA) is 42.1 Å². The molecular weight excluding hydrogens is 210 g/mol. The van der Waals surface area contributed by atoms with Crippen LogP contribution in [-0.4, -0.2) is 12.0 Å². The zero-order valence-electron chi connectivity index (χ0n) is 10.0. The van der Waals surface area contributed by atoms with Gasteiger partial charge in [0.15, 0.2) is 0 Å². The van der Waals surface area contributed by atoms with Gasteiger partial charge in [-0.2, -0.15) is 0 Å². The lowest BCUT2D eigenvalue weighted by Crippen LogP contribution is -2.16. The SMILES string of the molecule is CN(Cc1ccc(CN)cc1)c1ccncc1. The molecule has 0 atom stereocenters. The first-order chi connectivity index (χ1) is 8.29. The molecule has 0 aliphatic rings. The van der Waals surface area contributed by atoms with Crippen molar-refractivity contribution in [3.63, 3.8) is 0 Å². The number of aromatic nitrogens is 1. The standard InChI is InChI=1S/C14H17N3/c1-17(14-6-8-16-9-7-14)11-13-4-2-12(10-15)3-5-13/h2-9H,10-11,15H2,1H3. The monoisotopic (exact) mass is 227 g/mol. The quantitative estimate of drug-likeness (QED) is 0.870. The number of hydrogen-bond acceptors (Lipinski definition) is 3. The third-order valence-electron chi connectivity index (χ3n) is 2.78. The van der Waals surface area contributed by atoms with Gasteiger partial charge in [-0.1, -0.05) is 24.3 Å². The van der Waals surface area contributed by atoms with Crippen LogP contribution < -0.4 is 10.6 Å². The van der Waals surface area contributed by atoms with Gasteiger partial charge in [-0.25, -0.2) is 0 Å². The maximum Gasteiger partial charge on any atom is 0.0426 e. The first kappa shape index (κ1) is 11.6. The molecule has 0 fully saturated rings. The second-order valence-corrected chi connectivity index (χ2v) is 4.08. The molecule has 0 spiro atoms. The lowest BCUT2D eigenvalue weighted by atomic mass is 10.1. The van der Waals surface area contributed by atoms with Crippen LogP contribution in [0.5, 0.6) is 0 Å². The van der Waals surface area contributed by atoms with E-state index in [0.717, 1.165) is 6.54 Å². The summed E-state index contributed by atoms with van der Waals surface area (Å²) in [5.41, 5.74) is 9.19. The Bertz CT molecular complexity index is 451. The summed E-state index contributed by atoms with van der Waals surface area (Å²) in [6, 6.07) is 12.4. The number of rotatable bonds is 4. The van der Waals surface area contributed by atoms with Crippen LogP contribution in [0.4, 0.5) is 5.69 Å². The molecule has 0 bridgehead atoms. The molecule has 2 aromatic rings. The highest BCUT2D eigenvalue weighted by Gasteiger charge is 2.01. The van der Waals surface area contributed by atoms with Gasteiger partial charge in [0.2, 0.25) is 0 Å². The third kappa shape index (κ3) is 3.04. The highest BCUT2D eigenvalue weighted by molar-refractivity contribution is 5.44. The third-order valence-corrected chi connectivity index (χ3v) is 2.78. The van der Waals surface area contributed by atoms with E-state index in [-0.39, 0.29) is 0 Å². The van der Waals surface area contributed by atoms with Crippen molar-refractivity contribution in [2.24, 2.45) is 5.73 Å². The summed E-state index contributed by atoms with van der Waals surface area (Å²) >= 11 is 0. The number of nitrogens with two attached hydrogens (primary N) is 1. The number of nitrogens with zero attached hydrogens (tertiary/aromatic N) is 2. The second-order valence-electron chi connectivity index (χ2n) is 4.08. The minimum Gasteiger partial charge on any atom is -0.370 e. The van der Waals surface area contributed by atoms with Crippen LogP contribution in [0.3, 0.4) is 0 Å². The maximum atomic E-state index is 5.57. The Labute approximate surface area is 102 Å². The van der Waals surface area contributed by atoms with Gasteiger partial charge < -0.3 is 10.6 Å². The summed E-state index contributed by atoms with van der Waals surface area (Å²) in [7, 11) is 2.08. The van der Waals surface area contributed by atoms with E-state index < -0.39 is 0 Å². The van der Waals surface area contributed by atoms with E-state index in [1.54, 1.807) is 0 Å².